The predicted molar refractivity (Wildman–Crippen MR) is 78.1 cm³/mol. The Balaban J connectivity index is 1.61. The van der Waals surface area contributed by atoms with Crippen molar-refractivity contribution in [1.29, 1.82) is 0 Å². The molecule has 1 aromatic heterocycles. The van der Waals surface area contributed by atoms with Crippen molar-refractivity contribution in [2.24, 2.45) is 5.92 Å². The molecule has 1 amide bonds. The van der Waals surface area contributed by atoms with Gasteiger partial charge < -0.3 is 4.90 Å². The molecule has 108 valence electrons. The molecular formula is C16H23N3O. The van der Waals surface area contributed by atoms with Gasteiger partial charge in [0.25, 0.3) is 0 Å². The van der Waals surface area contributed by atoms with Crippen LogP contribution in [0, 0.1) is 5.92 Å². The van der Waals surface area contributed by atoms with Crippen molar-refractivity contribution < 1.29 is 4.79 Å². The summed E-state index contributed by atoms with van der Waals surface area (Å²) in [6, 6.07) is 2.26. The molecule has 0 saturated carbocycles. The van der Waals surface area contributed by atoms with Gasteiger partial charge in [-0.05, 0) is 44.1 Å². The Bertz CT molecular complexity index is 466. The molecule has 1 aliphatic heterocycles. The molecule has 2 atom stereocenters. The molecular weight excluding hydrogens is 250 g/mol. The van der Waals surface area contributed by atoms with Gasteiger partial charge in [-0.1, -0.05) is 12.2 Å². The largest absolute Gasteiger partial charge is 0.338 e. The van der Waals surface area contributed by atoms with Crippen LogP contribution in [0.3, 0.4) is 0 Å². The smallest absolute Gasteiger partial charge is 0.223 e. The van der Waals surface area contributed by atoms with E-state index in [-0.39, 0.29) is 0 Å². The van der Waals surface area contributed by atoms with Crippen LogP contribution in [0.1, 0.15) is 38.5 Å². The fraction of sp³-hybridized carbons (Fsp3) is 0.625. The zero-order chi connectivity index (χ0) is 13.8. The van der Waals surface area contributed by atoms with Crippen LogP contribution in [0.5, 0.6) is 0 Å². The van der Waals surface area contributed by atoms with Gasteiger partial charge in [-0.15, -0.1) is 0 Å². The maximum atomic E-state index is 12.6. The Hall–Kier alpha value is -1.58. The van der Waals surface area contributed by atoms with Crippen molar-refractivity contribution in [2.75, 3.05) is 6.54 Å². The molecule has 0 radical (unpaired) electrons. The summed E-state index contributed by atoms with van der Waals surface area (Å²) in [4.78, 5) is 14.7. The van der Waals surface area contributed by atoms with E-state index in [9.17, 15) is 4.79 Å². The molecule has 0 spiro atoms. The van der Waals surface area contributed by atoms with Gasteiger partial charge in [-0.3, -0.25) is 9.48 Å². The van der Waals surface area contributed by atoms with Crippen molar-refractivity contribution in [2.45, 2.75) is 51.1 Å². The molecule has 4 heteroatoms. The van der Waals surface area contributed by atoms with Crippen LogP contribution in [-0.2, 0) is 11.3 Å². The van der Waals surface area contributed by atoms with E-state index in [1.807, 2.05) is 16.9 Å². The van der Waals surface area contributed by atoms with Gasteiger partial charge in [0, 0.05) is 25.4 Å². The fourth-order valence-corrected chi connectivity index (χ4v) is 3.35. The topological polar surface area (TPSA) is 38.1 Å². The number of hydrogen-bond donors (Lipinski definition) is 0. The third kappa shape index (κ3) is 3.11. The first kappa shape index (κ1) is 13.4. The summed E-state index contributed by atoms with van der Waals surface area (Å²) in [6.07, 6.45) is 14.6. The van der Waals surface area contributed by atoms with E-state index in [2.05, 4.69) is 22.2 Å². The lowest BCUT2D eigenvalue weighted by Crippen LogP contribution is -2.46. The number of amides is 1. The van der Waals surface area contributed by atoms with E-state index >= 15 is 0 Å². The van der Waals surface area contributed by atoms with Crippen LogP contribution in [-0.4, -0.2) is 33.2 Å². The summed E-state index contributed by atoms with van der Waals surface area (Å²) in [6.45, 7) is 1.75. The summed E-state index contributed by atoms with van der Waals surface area (Å²) in [5.74, 6) is 0.799. The minimum atomic E-state index is 0.321. The highest BCUT2D eigenvalue weighted by molar-refractivity contribution is 5.77. The Morgan fingerprint density at radius 1 is 1.30 bits per heavy atom. The summed E-state index contributed by atoms with van der Waals surface area (Å²) in [5.41, 5.74) is 0. The minimum absolute atomic E-state index is 0.321. The van der Waals surface area contributed by atoms with Gasteiger partial charge in [-0.2, -0.15) is 5.10 Å². The molecule has 1 aromatic rings. The first-order chi connectivity index (χ1) is 9.83. The van der Waals surface area contributed by atoms with E-state index < -0.39 is 0 Å². The molecule has 1 fully saturated rings. The first-order valence-electron chi connectivity index (χ1n) is 7.76. The zero-order valence-electron chi connectivity index (χ0n) is 11.9. The zero-order valence-corrected chi connectivity index (χ0v) is 11.9. The van der Waals surface area contributed by atoms with E-state index in [1.165, 1.54) is 6.42 Å². The van der Waals surface area contributed by atoms with E-state index in [0.29, 0.717) is 24.3 Å². The molecule has 2 heterocycles. The summed E-state index contributed by atoms with van der Waals surface area (Å²) in [7, 11) is 0. The lowest BCUT2D eigenvalue weighted by atomic mass is 9.99. The van der Waals surface area contributed by atoms with Crippen molar-refractivity contribution in [3.8, 4) is 0 Å². The summed E-state index contributed by atoms with van der Waals surface area (Å²) >= 11 is 0. The predicted octanol–water partition coefficient (Wildman–Crippen LogP) is 2.62. The second-order valence-corrected chi connectivity index (χ2v) is 5.93. The van der Waals surface area contributed by atoms with Crippen LogP contribution >= 0.6 is 0 Å². The number of carbonyl (C=O) groups is 1. The van der Waals surface area contributed by atoms with Crippen LogP contribution < -0.4 is 0 Å². The van der Waals surface area contributed by atoms with Gasteiger partial charge in [0.1, 0.15) is 0 Å². The monoisotopic (exact) mass is 273 g/mol. The quantitative estimate of drug-likeness (QED) is 0.791. The Kier molecular flexibility index (Phi) is 4.19. The minimum Gasteiger partial charge on any atom is -0.338 e. The molecule has 2 aliphatic rings. The number of nitrogens with zero attached hydrogens (tertiary/aromatic N) is 3. The second-order valence-electron chi connectivity index (χ2n) is 5.93. The SMILES string of the molecule is O=C(C[C@H]1C=CCC1)N1CCCC[C@@H]1Cn1cccn1. The number of likely N-dealkylation sites (tertiary alicyclic amines) is 1. The number of aromatic nitrogens is 2. The summed E-state index contributed by atoms with van der Waals surface area (Å²) in [5, 5.41) is 4.27. The molecule has 1 aliphatic carbocycles. The Morgan fingerprint density at radius 3 is 3.00 bits per heavy atom. The van der Waals surface area contributed by atoms with Crippen molar-refractivity contribution >= 4 is 5.91 Å². The number of allylic oxidation sites excluding steroid dienone is 2. The van der Waals surface area contributed by atoms with Crippen molar-refractivity contribution in [3.63, 3.8) is 0 Å². The van der Waals surface area contributed by atoms with E-state index in [1.54, 1.807) is 6.20 Å². The van der Waals surface area contributed by atoms with Crippen molar-refractivity contribution in [3.05, 3.63) is 30.6 Å². The Morgan fingerprint density at radius 2 is 2.25 bits per heavy atom. The highest BCUT2D eigenvalue weighted by atomic mass is 16.2. The third-order valence-electron chi connectivity index (χ3n) is 4.45. The first-order valence-corrected chi connectivity index (χ1v) is 7.76. The average Bonchev–Trinajstić information content (AvgIpc) is 3.13. The van der Waals surface area contributed by atoms with Gasteiger partial charge in [-0.25, -0.2) is 0 Å². The third-order valence-corrected chi connectivity index (χ3v) is 4.45. The van der Waals surface area contributed by atoms with Gasteiger partial charge in [0.2, 0.25) is 5.91 Å². The molecule has 4 nitrogen and oxygen atoms in total. The van der Waals surface area contributed by atoms with Crippen LogP contribution in [0.4, 0.5) is 0 Å². The molecule has 3 rings (SSSR count). The standard InChI is InChI=1S/C16H23N3O/c20-16(12-14-6-1-2-7-14)19-11-4-3-8-15(19)13-18-10-5-9-17-18/h1,5-6,9-10,14-15H,2-4,7-8,11-13H2/t14-,15+/m0/s1. The maximum Gasteiger partial charge on any atom is 0.223 e. The van der Waals surface area contributed by atoms with Crippen LogP contribution in [0.15, 0.2) is 30.6 Å². The average molecular weight is 273 g/mol. The van der Waals surface area contributed by atoms with Crippen LogP contribution in [0.2, 0.25) is 0 Å². The lowest BCUT2D eigenvalue weighted by Gasteiger charge is -2.36. The molecule has 0 unspecified atom stereocenters. The number of carbonyl (C=O) groups excluding carboxylic acids is 1. The number of piperidine rings is 1. The molecule has 0 aromatic carbocycles. The molecule has 1 saturated heterocycles. The fourth-order valence-electron chi connectivity index (χ4n) is 3.35. The van der Waals surface area contributed by atoms with Gasteiger partial charge >= 0.3 is 0 Å². The maximum absolute atomic E-state index is 12.6. The number of hydrogen-bond acceptors (Lipinski definition) is 2. The van der Waals surface area contributed by atoms with Crippen molar-refractivity contribution in [1.82, 2.24) is 14.7 Å². The number of rotatable bonds is 4. The molecule has 0 N–H and O–H groups in total. The highest BCUT2D eigenvalue weighted by Crippen LogP contribution is 2.25. The normalized spacial score (nSPS) is 26.1. The van der Waals surface area contributed by atoms with Gasteiger partial charge in [0.05, 0.1) is 12.6 Å². The lowest BCUT2D eigenvalue weighted by molar-refractivity contribution is -0.136. The van der Waals surface area contributed by atoms with Gasteiger partial charge in [0.15, 0.2) is 0 Å². The van der Waals surface area contributed by atoms with Crippen LogP contribution in [0.25, 0.3) is 0 Å². The molecule has 0 bridgehead atoms. The summed E-state index contributed by atoms with van der Waals surface area (Å²) < 4.78 is 1.95. The Labute approximate surface area is 120 Å². The molecule has 20 heavy (non-hydrogen) atoms. The van der Waals surface area contributed by atoms with E-state index in [4.69, 9.17) is 0 Å². The second kappa shape index (κ2) is 6.25. The highest BCUT2D eigenvalue weighted by Gasteiger charge is 2.28. The van der Waals surface area contributed by atoms with E-state index in [0.717, 1.165) is 38.8 Å².